The van der Waals surface area contributed by atoms with Gasteiger partial charge in [0.1, 0.15) is 0 Å². The van der Waals surface area contributed by atoms with Crippen molar-refractivity contribution in [2.45, 2.75) is 63.5 Å². The Morgan fingerprint density at radius 1 is 0.750 bits per heavy atom. The number of carbonyl (C=O) groups excluding carboxylic acids is 3. The van der Waals surface area contributed by atoms with Crippen molar-refractivity contribution in [1.29, 1.82) is 0 Å². The lowest BCUT2D eigenvalue weighted by Crippen LogP contribution is -2.68. The predicted molar refractivity (Wildman–Crippen MR) is 161 cm³/mol. The molecule has 3 unspecified atom stereocenters. The third kappa shape index (κ3) is 9.89. The van der Waals surface area contributed by atoms with E-state index in [4.69, 9.17) is 0 Å². The summed E-state index contributed by atoms with van der Waals surface area (Å²) in [7, 11) is 0. The second-order valence-corrected chi connectivity index (χ2v) is 28.1. The monoisotopic (exact) mass is 1030 g/mol. The minimum Gasteiger partial charge on any atom is -0.351 e. The van der Waals surface area contributed by atoms with Crippen LogP contribution in [0.3, 0.4) is 0 Å². The van der Waals surface area contributed by atoms with Crippen LogP contribution in [-0.4, -0.2) is 41.8 Å². The first-order valence-corrected chi connectivity index (χ1v) is 16.6. The molecule has 0 aliphatic heterocycles. The van der Waals surface area contributed by atoms with Crippen LogP contribution >= 0.6 is 143 Å². The van der Waals surface area contributed by atoms with Crippen molar-refractivity contribution in [2.75, 3.05) is 6.54 Å². The lowest BCUT2D eigenvalue weighted by Gasteiger charge is -2.52. The Kier molecular flexibility index (Phi) is 12.8. The normalized spacial score (nSPS) is 26.9. The Morgan fingerprint density at radius 2 is 1.16 bits per heavy atom. The van der Waals surface area contributed by atoms with Gasteiger partial charge in [-0.25, -0.2) is 0 Å². The van der Waals surface area contributed by atoms with Gasteiger partial charge >= 0.3 is 0 Å². The molecule has 0 aromatic rings. The number of hydrogen-bond donors (Lipinski definition) is 3. The van der Waals surface area contributed by atoms with E-state index in [1.54, 1.807) is 0 Å². The van der Waals surface area contributed by atoms with Crippen molar-refractivity contribution in [3.63, 3.8) is 0 Å². The van der Waals surface area contributed by atoms with Crippen LogP contribution in [0.2, 0.25) is 0 Å². The van der Waals surface area contributed by atoms with Gasteiger partial charge in [0.25, 0.3) is 17.7 Å². The summed E-state index contributed by atoms with van der Waals surface area (Å²) in [6, 6.07) is 0. The van der Waals surface area contributed by atoms with Crippen LogP contribution in [0.5, 0.6) is 0 Å². The molecular formula is C17H22Br9N3O3. The highest BCUT2D eigenvalue weighted by atomic mass is 80.0. The first-order valence-electron chi connectivity index (χ1n) is 9.43. The van der Waals surface area contributed by atoms with Gasteiger partial charge in [0, 0.05) is 12.1 Å². The summed E-state index contributed by atoms with van der Waals surface area (Å²) in [5.74, 6) is -0.775. The molecule has 6 nitrogen and oxygen atoms in total. The zero-order valence-electron chi connectivity index (χ0n) is 16.9. The highest BCUT2D eigenvalue weighted by Crippen LogP contribution is 2.45. The summed E-state index contributed by atoms with van der Waals surface area (Å²) >= 11 is 29.3. The lowest BCUT2D eigenvalue weighted by atomic mass is 9.64. The van der Waals surface area contributed by atoms with E-state index in [9.17, 15) is 14.4 Å². The summed E-state index contributed by atoms with van der Waals surface area (Å²) in [5.41, 5.74) is -1.42. The summed E-state index contributed by atoms with van der Waals surface area (Å²) in [5, 5.41) is 9.18. The highest BCUT2D eigenvalue weighted by molar-refractivity contribution is 9.40. The predicted octanol–water partition coefficient (Wildman–Crippen LogP) is 6.95. The number of amides is 3. The van der Waals surface area contributed by atoms with Crippen molar-refractivity contribution in [2.24, 2.45) is 5.92 Å². The molecule has 0 radical (unpaired) electrons. The van der Waals surface area contributed by atoms with Gasteiger partial charge < -0.3 is 16.0 Å². The van der Waals surface area contributed by atoms with E-state index >= 15 is 0 Å². The summed E-state index contributed by atoms with van der Waals surface area (Å²) in [6.07, 6.45) is 3.31. The maximum Gasteiger partial charge on any atom is 0.259 e. The second kappa shape index (κ2) is 12.5. The molecule has 3 N–H and O–H groups in total. The summed E-state index contributed by atoms with van der Waals surface area (Å²) in [6.45, 7) is 4.25. The minimum atomic E-state index is -1.16. The quantitative estimate of drug-likeness (QED) is 0.252. The molecule has 0 aromatic carbocycles. The van der Waals surface area contributed by atoms with Gasteiger partial charge in [0.2, 0.25) is 6.43 Å². The summed E-state index contributed by atoms with van der Waals surface area (Å²) in [4.78, 5) is 38.3. The van der Waals surface area contributed by atoms with E-state index in [1.165, 1.54) is 0 Å². The Hall–Kier alpha value is 2.73. The third-order valence-corrected chi connectivity index (χ3v) is 8.65. The molecule has 0 aromatic heterocycles. The molecule has 0 bridgehead atoms. The van der Waals surface area contributed by atoms with E-state index < -0.39 is 17.5 Å². The fraction of sp³-hybridized carbons (Fsp3) is 0.824. The van der Waals surface area contributed by atoms with E-state index in [-0.39, 0.29) is 30.2 Å². The zero-order chi connectivity index (χ0) is 25.2. The number of halogens is 9. The molecule has 3 atom stereocenters. The Morgan fingerprint density at radius 3 is 1.53 bits per heavy atom. The van der Waals surface area contributed by atoms with Gasteiger partial charge in [-0.05, 0) is 175 Å². The fourth-order valence-corrected chi connectivity index (χ4v) is 4.97. The topological polar surface area (TPSA) is 87.3 Å². The van der Waals surface area contributed by atoms with Crippen molar-refractivity contribution < 1.29 is 14.4 Å². The zero-order valence-corrected chi connectivity index (χ0v) is 31.2. The van der Waals surface area contributed by atoms with Crippen LogP contribution in [0, 0.1) is 5.92 Å². The van der Waals surface area contributed by atoms with Crippen LogP contribution in [0.15, 0.2) is 0 Å². The molecule has 1 saturated carbocycles. The molecule has 32 heavy (non-hydrogen) atoms. The lowest BCUT2D eigenvalue weighted by molar-refractivity contribution is -0.126. The molecule has 15 heteroatoms. The van der Waals surface area contributed by atoms with E-state index in [1.807, 2.05) is 6.92 Å². The third-order valence-electron chi connectivity index (χ3n) is 5.41. The minimum absolute atomic E-state index is 0.168. The molecule has 1 fully saturated rings. The maximum absolute atomic E-state index is 13.0. The molecule has 0 heterocycles. The SMILES string of the molecule is CCC1CC(CC)(NC(=O)C(Br)(Br)Br)CC(CNC(=O)C(Br)(Br)Br)(NC(=O)C(Br)(Br)Br)C1. The Bertz CT molecular complexity index is 721. The average Bonchev–Trinajstić information content (AvgIpc) is 2.63. The van der Waals surface area contributed by atoms with Gasteiger partial charge in [-0.3, -0.25) is 14.4 Å². The van der Waals surface area contributed by atoms with E-state index in [0.717, 1.165) is 12.8 Å². The summed E-state index contributed by atoms with van der Waals surface area (Å²) < 4.78 is -3.40. The molecule has 186 valence electrons. The van der Waals surface area contributed by atoms with Gasteiger partial charge in [-0.15, -0.1) is 0 Å². The van der Waals surface area contributed by atoms with Gasteiger partial charge in [-0.2, -0.15) is 0 Å². The van der Waals surface area contributed by atoms with Crippen molar-refractivity contribution in [3.8, 4) is 0 Å². The number of rotatable bonds is 6. The molecular weight excluding hydrogens is 1010 g/mol. The average molecular weight is 1040 g/mol. The highest BCUT2D eigenvalue weighted by Gasteiger charge is 2.51. The fourth-order valence-electron chi connectivity index (χ4n) is 3.96. The van der Waals surface area contributed by atoms with Crippen LogP contribution in [0.25, 0.3) is 0 Å². The van der Waals surface area contributed by atoms with Crippen molar-refractivity contribution in [3.05, 3.63) is 0 Å². The smallest absolute Gasteiger partial charge is 0.259 e. The number of nitrogens with one attached hydrogen (secondary N) is 3. The molecule has 0 spiro atoms. The largest absolute Gasteiger partial charge is 0.351 e. The first kappa shape index (κ1) is 32.8. The van der Waals surface area contributed by atoms with Crippen LogP contribution < -0.4 is 16.0 Å². The maximum atomic E-state index is 13.0. The van der Waals surface area contributed by atoms with Crippen molar-refractivity contribution >= 4 is 161 Å². The van der Waals surface area contributed by atoms with E-state index in [2.05, 4.69) is 166 Å². The number of carbonyl (C=O) groups is 3. The van der Waals surface area contributed by atoms with Gasteiger partial charge in [-0.1, -0.05) is 20.3 Å². The Labute approximate surface area is 264 Å². The van der Waals surface area contributed by atoms with Gasteiger partial charge in [0.15, 0.2) is 0 Å². The van der Waals surface area contributed by atoms with Crippen LogP contribution in [0.4, 0.5) is 0 Å². The number of hydrogen-bond acceptors (Lipinski definition) is 3. The molecule has 0 saturated heterocycles. The van der Waals surface area contributed by atoms with E-state index in [0.29, 0.717) is 19.3 Å². The van der Waals surface area contributed by atoms with Gasteiger partial charge in [0.05, 0.1) is 5.54 Å². The molecule has 3 amide bonds. The molecule has 1 rings (SSSR count). The van der Waals surface area contributed by atoms with Crippen LogP contribution in [-0.2, 0) is 14.4 Å². The van der Waals surface area contributed by atoms with Crippen molar-refractivity contribution in [1.82, 2.24) is 16.0 Å². The first-order chi connectivity index (χ1) is 14.3. The Balaban J connectivity index is 3.41. The molecule has 1 aliphatic rings. The molecule has 1 aliphatic carbocycles. The van der Waals surface area contributed by atoms with Crippen LogP contribution in [0.1, 0.15) is 46.0 Å². The second-order valence-electron chi connectivity index (χ2n) is 7.86. The number of alkyl halides is 9. The standard InChI is InChI=1S/C17H22Br9N3O3/c1-3-9-5-13(4-2,28-11(31)16(21,22)23)7-14(6-9,29-12(32)17(24,25)26)8-27-10(30)15(18,19)20/h9H,3-8H2,1-2H3,(H,27,30)(H,28,31)(H,29,32).